The summed E-state index contributed by atoms with van der Waals surface area (Å²) >= 11 is 0. The summed E-state index contributed by atoms with van der Waals surface area (Å²) in [4.78, 5) is 43.9. The van der Waals surface area contributed by atoms with Crippen LogP contribution in [0.5, 0.6) is 0 Å². The molecule has 30 heavy (non-hydrogen) atoms. The number of amides is 1. The Kier molecular flexibility index (Phi) is 4.92. The van der Waals surface area contributed by atoms with E-state index in [-0.39, 0.29) is 24.0 Å². The highest BCUT2D eigenvalue weighted by molar-refractivity contribution is 5.77. The summed E-state index contributed by atoms with van der Waals surface area (Å²) in [7, 11) is 3.28. The Hall–Kier alpha value is -3.43. The topological polar surface area (TPSA) is 108 Å². The average molecular weight is 414 g/mol. The molecule has 0 spiro atoms. The van der Waals surface area contributed by atoms with Crippen molar-refractivity contribution >= 4 is 23.0 Å². The molecule has 3 heterocycles. The molecule has 1 aliphatic rings. The van der Waals surface area contributed by atoms with Gasteiger partial charge < -0.3 is 15.2 Å². The largest absolute Gasteiger partial charge is 0.369 e. The van der Waals surface area contributed by atoms with E-state index in [2.05, 4.69) is 4.98 Å². The van der Waals surface area contributed by atoms with Crippen LogP contribution in [0.2, 0.25) is 0 Å². The Morgan fingerprint density at radius 1 is 1.20 bits per heavy atom. The Morgan fingerprint density at radius 2 is 1.90 bits per heavy atom. The van der Waals surface area contributed by atoms with E-state index in [0.717, 1.165) is 4.57 Å². The van der Waals surface area contributed by atoms with Crippen LogP contribution in [0.3, 0.4) is 0 Å². The van der Waals surface area contributed by atoms with Crippen molar-refractivity contribution in [2.75, 3.05) is 18.0 Å². The van der Waals surface area contributed by atoms with E-state index < -0.39 is 17.1 Å². The lowest BCUT2D eigenvalue weighted by Crippen LogP contribution is -2.40. The smallest absolute Gasteiger partial charge is 0.332 e. The van der Waals surface area contributed by atoms with Crippen LogP contribution in [0.15, 0.2) is 33.9 Å². The third-order valence-corrected chi connectivity index (χ3v) is 5.75. The number of carbonyl (C=O) groups is 1. The maximum absolute atomic E-state index is 13.5. The van der Waals surface area contributed by atoms with Crippen molar-refractivity contribution < 1.29 is 9.18 Å². The van der Waals surface area contributed by atoms with Gasteiger partial charge in [0, 0.05) is 33.1 Å². The maximum Gasteiger partial charge on any atom is 0.332 e. The molecular weight excluding hydrogens is 391 g/mol. The minimum atomic E-state index is -0.520. The number of benzene rings is 1. The van der Waals surface area contributed by atoms with Gasteiger partial charge in [0.05, 0.1) is 6.54 Å². The molecule has 0 saturated carbocycles. The van der Waals surface area contributed by atoms with E-state index >= 15 is 0 Å². The fourth-order valence-electron chi connectivity index (χ4n) is 4.04. The molecule has 2 N–H and O–H groups in total. The number of nitrogens with zero attached hydrogens (tertiary/aromatic N) is 5. The third kappa shape index (κ3) is 3.27. The third-order valence-electron chi connectivity index (χ3n) is 5.75. The maximum atomic E-state index is 13.5. The molecule has 0 aliphatic carbocycles. The van der Waals surface area contributed by atoms with Gasteiger partial charge in [-0.3, -0.25) is 18.7 Å². The summed E-state index contributed by atoms with van der Waals surface area (Å²) in [5.74, 6) is -0.338. The van der Waals surface area contributed by atoms with Crippen LogP contribution < -0.4 is 21.9 Å². The van der Waals surface area contributed by atoms with Crippen molar-refractivity contribution in [1.82, 2.24) is 18.7 Å². The second-order valence-electron chi connectivity index (χ2n) is 7.67. The number of aryl methyl sites for hydroxylation is 2. The molecule has 1 amide bonds. The van der Waals surface area contributed by atoms with E-state index in [1.807, 2.05) is 4.90 Å². The van der Waals surface area contributed by atoms with E-state index in [9.17, 15) is 18.8 Å². The lowest BCUT2D eigenvalue weighted by molar-refractivity contribution is -0.122. The SMILES string of the molecule is Cn1c(N2CCC(C(N)=O)CC2)nc2c1c(=O)n(Cc1cccc(F)c1)c(=O)n2C. The van der Waals surface area contributed by atoms with Gasteiger partial charge >= 0.3 is 5.69 Å². The minimum absolute atomic E-state index is 0.0380. The molecule has 0 radical (unpaired) electrons. The van der Waals surface area contributed by atoms with Crippen molar-refractivity contribution in [2.24, 2.45) is 25.7 Å². The first-order valence-electron chi connectivity index (χ1n) is 9.73. The number of imidazole rings is 1. The Morgan fingerprint density at radius 3 is 2.53 bits per heavy atom. The molecule has 10 heteroatoms. The van der Waals surface area contributed by atoms with Gasteiger partial charge in [-0.2, -0.15) is 4.98 Å². The monoisotopic (exact) mass is 414 g/mol. The zero-order chi connectivity index (χ0) is 21.6. The molecule has 1 fully saturated rings. The summed E-state index contributed by atoms with van der Waals surface area (Å²) in [6.45, 7) is 1.12. The van der Waals surface area contributed by atoms with Crippen LogP contribution in [-0.4, -0.2) is 37.7 Å². The van der Waals surface area contributed by atoms with E-state index in [4.69, 9.17) is 5.73 Å². The van der Waals surface area contributed by atoms with Crippen LogP contribution in [0, 0.1) is 11.7 Å². The molecule has 1 saturated heterocycles. The molecule has 4 rings (SSSR count). The van der Waals surface area contributed by atoms with E-state index in [0.29, 0.717) is 43.0 Å². The Labute approximate surface area is 171 Å². The number of fused-ring (bicyclic) bond motifs is 1. The number of aromatic nitrogens is 4. The number of hydrogen-bond donors (Lipinski definition) is 1. The number of halogens is 1. The summed E-state index contributed by atoms with van der Waals surface area (Å²) < 4.78 is 17.6. The summed E-state index contributed by atoms with van der Waals surface area (Å²) in [6, 6.07) is 5.81. The normalized spacial score (nSPS) is 15.1. The van der Waals surface area contributed by atoms with Gasteiger partial charge in [-0.05, 0) is 30.5 Å². The molecule has 158 valence electrons. The molecule has 0 unspecified atom stereocenters. The zero-order valence-corrected chi connectivity index (χ0v) is 16.8. The first-order chi connectivity index (χ1) is 14.3. The van der Waals surface area contributed by atoms with Crippen molar-refractivity contribution in [1.29, 1.82) is 0 Å². The van der Waals surface area contributed by atoms with Gasteiger partial charge in [-0.1, -0.05) is 12.1 Å². The zero-order valence-electron chi connectivity index (χ0n) is 16.8. The number of hydrogen-bond acceptors (Lipinski definition) is 5. The molecule has 2 aromatic heterocycles. The van der Waals surface area contributed by atoms with Crippen LogP contribution >= 0.6 is 0 Å². The lowest BCUT2D eigenvalue weighted by atomic mass is 9.96. The number of primary amides is 1. The average Bonchev–Trinajstić information content (AvgIpc) is 3.07. The van der Waals surface area contributed by atoms with Gasteiger partial charge in [0.1, 0.15) is 5.82 Å². The molecule has 3 aromatic rings. The van der Waals surface area contributed by atoms with Crippen molar-refractivity contribution in [3.63, 3.8) is 0 Å². The molecule has 1 aromatic carbocycles. The molecule has 9 nitrogen and oxygen atoms in total. The quantitative estimate of drug-likeness (QED) is 0.662. The number of nitrogens with two attached hydrogens (primary N) is 1. The number of anilines is 1. The molecular formula is C20H23FN6O3. The fourth-order valence-corrected chi connectivity index (χ4v) is 4.04. The lowest BCUT2D eigenvalue weighted by Gasteiger charge is -2.31. The summed E-state index contributed by atoms with van der Waals surface area (Å²) in [6.07, 6.45) is 1.22. The number of carbonyl (C=O) groups excluding carboxylic acids is 1. The first kappa shape index (κ1) is 19.9. The Bertz CT molecular complexity index is 1250. The minimum Gasteiger partial charge on any atom is -0.369 e. The van der Waals surface area contributed by atoms with Gasteiger partial charge in [0.2, 0.25) is 11.9 Å². The van der Waals surface area contributed by atoms with Crippen LogP contribution in [0.25, 0.3) is 11.2 Å². The van der Waals surface area contributed by atoms with Crippen LogP contribution in [0.1, 0.15) is 18.4 Å². The fraction of sp³-hybridized carbons (Fsp3) is 0.400. The highest BCUT2D eigenvalue weighted by atomic mass is 19.1. The first-order valence-corrected chi connectivity index (χ1v) is 9.73. The highest BCUT2D eigenvalue weighted by Crippen LogP contribution is 2.24. The van der Waals surface area contributed by atoms with Gasteiger partial charge in [0.15, 0.2) is 11.2 Å². The highest BCUT2D eigenvalue weighted by Gasteiger charge is 2.27. The second kappa shape index (κ2) is 7.43. The second-order valence-corrected chi connectivity index (χ2v) is 7.67. The summed E-state index contributed by atoms with van der Waals surface area (Å²) in [5, 5.41) is 0. The standard InChI is InChI=1S/C20H23FN6O3/c1-24-15-17(23-19(24)26-8-6-13(7-9-26)16(22)28)25(2)20(30)27(18(15)29)11-12-4-3-5-14(21)10-12/h3-5,10,13H,6-9,11H2,1-2H3,(H2,22,28). The van der Waals surface area contributed by atoms with Crippen molar-refractivity contribution in [3.05, 3.63) is 56.5 Å². The van der Waals surface area contributed by atoms with Gasteiger partial charge in [-0.15, -0.1) is 0 Å². The van der Waals surface area contributed by atoms with Gasteiger partial charge in [-0.25, -0.2) is 9.18 Å². The van der Waals surface area contributed by atoms with Crippen LogP contribution in [0.4, 0.5) is 10.3 Å². The predicted octanol–water partition coefficient (Wildman–Crippen LogP) is 0.323. The molecule has 1 aliphatic heterocycles. The van der Waals surface area contributed by atoms with Crippen LogP contribution in [-0.2, 0) is 25.4 Å². The molecule has 0 bridgehead atoms. The predicted molar refractivity (Wildman–Crippen MR) is 110 cm³/mol. The van der Waals surface area contributed by atoms with E-state index in [1.165, 1.54) is 22.8 Å². The molecule has 0 atom stereocenters. The van der Waals surface area contributed by atoms with Crippen molar-refractivity contribution in [3.8, 4) is 0 Å². The number of rotatable bonds is 4. The number of piperidine rings is 1. The van der Waals surface area contributed by atoms with Gasteiger partial charge in [0.25, 0.3) is 5.56 Å². The van der Waals surface area contributed by atoms with E-state index in [1.54, 1.807) is 24.7 Å². The van der Waals surface area contributed by atoms with Crippen molar-refractivity contribution in [2.45, 2.75) is 19.4 Å². The summed E-state index contributed by atoms with van der Waals surface area (Å²) in [5.41, 5.74) is 5.50. The Balaban J connectivity index is 1.77.